The molecule has 3 N–H and O–H groups in total. The molecule has 0 unspecified atom stereocenters. The molecule has 0 spiro atoms. The van der Waals surface area contributed by atoms with Gasteiger partial charge in [0.15, 0.2) is 0 Å². The maximum atomic E-state index is 11.5. The SMILES string of the molecule is CC(C)(C)OC(=O)N[C@@H](C[C@H]1CCNC1=O)C(=O)O. The fourth-order valence-corrected chi connectivity index (χ4v) is 1.83. The maximum absolute atomic E-state index is 11.5. The monoisotopic (exact) mass is 272 g/mol. The Bertz CT molecular complexity index is 375. The van der Waals surface area contributed by atoms with Gasteiger partial charge in [-0.25, -0.2) is 9.59 Å². The van der Waals surface area contributed by atoms with Crippen LogP contribution in [0.1, 0.15) is 33.6 Å². The third-order valence-corrected chi connectivity index (χ3v) is 2.67. The summed E-state index contributed by atoms with van der Waals surface area (Å²) in [6.45, 7) is 5.61. The second-order valence-electron chi connectivity index (χ2n) is 5.55. The van der Waals surface area contributed by atoms with Crippen molar-refractivity contribution in [1.82, 2.24) is 10.6 Å². The average molecular weight is 272 g/mol. The maximum Gasteiger partial charge on any atom is 0.408 e. The van der Waals surface area contributed by atoms with Crippen molar-refractivity contribution in [3.8, 4) is 0 Å². The quantitative estimate of drug-likeness (QED) is 0.691. The minimum absolute atomic E-state index is 0.0699. The van der Waals surface area contributed by atoms with Crippen molar-refractivity contribution in [3.05, 3.63) is 0 Å². The molecule has 1 saturated heterocycles. The summed E-state index contributed by atoms with van der Waals surface area (Å²) in [7, 11) is 0. The molecule has 0 bridgehead atoms. The fourth-order valence-electron chi connectivity index (χ4n) is 1.83. The predicted molar refractivity (Wildman–Crippen MR) is 66.5 cm³/mol. The van der Waals surface area contributed by atoms with Gasteiger partial charge in [-0.3, -0.25) is 4.79 Å². The first-order valence-corrected chi connectivity index (χ1v) is 6.19. The zero-order chi connectivity index (χ0) is 14.6. The van der Waals surface area contributed by atoms with E-state index in [2.05, 4.69) is 10.6 Å². The van der Waals surface area contributed by atoms with Crippen LogP contribution in [0.3, 0.4) is 0 Å². The molecular formula is C12H20N2O5. The van der Waals surface area contributed by atoms with Crippen molar-refractivity contribution in [2.75, 3.05) is 6.54 Å². The number of hydrogen-bond donors (Lipinski definition) is 3. The number of carboxylic acids is 1. The van der Waals surface area contributed by atoms with E-state index < -0.39 is 23.7 Å². The van der Waals surface area contributed by atoms with Gasteiger partial charge in [0.1, 0.15) is 11.6 Å². The molecule has 2 amide bonds. The summed E-state index contributed by atoms with van der Waals surface area (Å²) in [5.41, 5.74) is -0.697. The van der Waals surface area contributed by atoms with Crippen molar-refractivity contribution >= 4 is 18.0 Å². The van der Waals surface area contributed by atoms with E-state index in [1.807, 2.05) is 0 Å². The number of alkyl carbamates (subject to hydrolysis) is 1. The Hall–Kier alpha value is -1.79. The van der Waals surface area contributed by atoms with Crippen LogP contribution < -0.4 is 10.6 Å². The van der Waals surface area contributed by atoms with Gasteiger partial charge in [0.2, 0.25) is 5.91 Å². The summed E-state index contributed by atoms with van der Waals surface area (Å²) in [6, 6.07) is -1.12. The first-order chi connectivity index (χ1) is 8.69. The number of carbonyl (C=O) groups is 3. The van der Waals surface area contributed by atoms with E-state index in [-0.39, 0.29) is 18.2 Å². The van der Waals surface area contributed by atoms with Gasteiger partial charge in [0, 0.05) is 12.5 Å². The van der Waals surface area contributed by atoms with Gasteiger partial charge in [-0.15, -0.1) is 0 Å². The molecule has 1 fully saturated rings. The van der Waals surface area contributed by atoms with Gasteiger partial charge >= 0.3 is 12.1 Å². The number of carboxylic acid groups (broad SMARTS) is 1. The molecule has 1 heterocycles. The van der Waals surface area contributed by atoms with Crippen LogP contribution in [0.15, 0.2) is 0 Å². The van der Waals surface area contributed by atoms with Gasteiger partial charge in [-0.05, 0) is 33.6 Å². The molecule has 1 rings (SSSR count). The molecule has 1 aliphatic heterocycles. The van der Waals surface area contributed by atoms with Crippen LogP contribution in [-0.2, 0) is 14.3 Å². The Labute approximate surface area is 111 Å². The van der Waals surface area contributed by atoms with Crippen LogP contribution in [0.4, 0.5) is 4.79 Å². The summed E-state index contributed by atoms with van der Waals surface area (Å²) >= 11 is 0. The molecule has 19 heavy (non-hydrogen) atoms. The summed E-state index contributed by atoms with van der Waals surface area (Å²) in [4.78, 5) is 34.0. The largest absolute Gasteiger partial charge is 0.480 e. The topological polar surface area (TPSA) is 105 Å². The van der Waals surface area contributed by atoms with Gasteiger partial charge in [-0.1, -0.05) is 0 Å². The molecular weight excluding hydrogens is 252 g/mol. The second kappa shape index (κ2) is 5.90. The molecule has 0 aromatic heterocycles. The normalized spacial score (nSPS) is 20.6. The van der Waals surface area contributed by atoms with E-state index in [1.165, 1.54) is 0 Å². The third-order valence-electron chi connectivity index (χ3n) is 2.67. The van der Waals surface area contributed by atoms with Crippen LogP contribution in [-0.4, -0.2) is 41.3 Å². The van der Waals surface area contributed by atoms with E-state index in [1.54, 1.807) is 20.8 Å². The highest BCUT2D eigenvalue weighted by Gasteiger charge is 2.32. The Morgan fingerprint density at radius 2 is 2.16 bits per heavy atom. The smallest absolute Gasteiger partial charge is 0.408 e. The van der Waals surface area contributed by atoms with E-state index in [9.17, 15) is 14.4 Å². The van der Waals surface area contributed by atoms with E-state index in [0.717, 1.165) is 0 Å². The average Bonchev–Trinajstić information content (AvgIpc) is 2.60. The molecule has 0 aromatic rings. The molecule has 2 atom stereocenters. The molecule has 0 radical (unpaired) electrons. The third kappa shape index (κ3) is 5.15. The number of aliphatic carboxylic acids is 1. The highest BCUT2D eigenvalue weighted by molar-refractivity contribution is 5.83. The Morgan fingerprint density at radius 1 is 1.53 bits per heavy atom. The minimum Gasteiger partial charge on any atom is -0.480 e. The summed E-state index contributed by atoms with van der Waals surface area (Å²) < 4.78 is 5.00. The predicted octanol–water partition coefficient (Wildman–Crippen LogP) is 0.491. The Kier molecular flexibility index (Phi) is 4.74. The summed E-state index contributed by atoms with van der Waals surface area (Å²) in [5, 5.41) is 14.0. The number of hydrogen-bond acceptors (Lipinski definition) is 4. The molecule has 0 aromatic carbocycles. The highest BCUT2D eigenvalue weighted by Crippen LogP contribution is 2.16. The molecule has 0 aliphatic carbocycles. The summed E-state index contributed by atoms with van der Waals surface area (Å²) in [5.74, 6) is -1.72. The van der Waals surface area contributed by atoms with Crippen molar-refractivity contribution in [2.45, 2.75) is 45.3 Å². The minimum atomic E-state index is -1.18. The zero-order valence-electron chi connectivity index (χ0n) is 11.4. The van der Waals surface area contributed by atoms with Gasteiger partial charge in [-0.2, -0.15) is 0 Å². The van der Waals surface area contributed by atoms with Gasteiger partial charge < -0.3 is 20.5 Å². The zero-order valence-corrected chi connectivity index (χ0v) is 11.4. The molecule has 7 nitrogen and oxygen atoms in total. The summed E-state index contributed by atoms with van der Waals surface area (Å²) in [6.07, 6.45) is -0.141. The number of nitrogens with one attached hydrogen (secondary N) is 2. The number of rotatable bonds is 4. The first kappa shape index (κ1) is 15.3. The standard InChI is InChI=1S/C12H20N2O5/c1-12(2,3)19-11(18)14-8(10(16)17)6-7-4-5-13-9(7)15/h7-8H,4-6H2,1-3H3,(H,13,15)(H,14,18)(H,16,17)/t7-,8+/m1/s1. The fraction of sp³-hybridized carbons (Fsp3) is 0.750. The lowest BCUT2D eigenvalue weighted by molar-refractivity contribution is -0.140. The molecule has 7 heteroatoms. The Morgan fingerprint density at radius 3 is 2.58 bits per heavy atom. The highest BCUT2D eigenvalue weighted by atomic mass is 16.6. The van der Waals surface area contributed by atoms with Crippen LogP contribution in [0.2, 0.25) is 0 Å². The van der Waals surface area contributed by atoms with Gasteiger partial charge in [0.05, 0.1) is 0 Å². The number of amides is 2. The van der Waals surface area contributed by atoms with Crippen molar-refractivity contribution in [2.24, 2.45) is 5.92 Å². The molecule has 1 aliphatic rings. The number of ether oxygens (including phenoxy) is 1. The lowest BCUT2D eigenvalue weighted by Gasteiger charge is -2.22. The lowest BCUT2D eigenvalue weighted by Crippen LogP contribution is -2.45. The molecule has 0 saturated carbocycles. The molecule has 108 valence electrons. The van der Waals surface area contributed by atoms with E-state index in [0.29, 0.717) is 13.0 Å². The second-order valence-corrected chi connectivity index (χ2v) is 5.55. The lowest BCUT2D eigenvalue weighted by atomic mass is 9.98. The van der Waals surface area contributed by atoms with Crippen LogP contribution in [0, 0.1) is 5.92 Å². The first-order valence-electron chi connectivity index (χ1n) is 6.19. The van der Waals surface area contributed by atoms with Crippen molar-refractivity contribution in [1.29, 1.82) is 0 Å². The van der Waals surface area contributed by atoms with Crippen LogP contribution >= 0.6 is 0 Å². The van der Waals surface area contributed by atoms with Crippen LogP contribution in [0.5, 0.6) is 0 Å². The van der Waals surface area contributed by atoms with Crippen molar-refractivity contribution in [3.63, 3.8) is 0 Å². The number of carbonyl (C=O) groups excluding carboxylic acids is 2. The van der Waals surface area contributed by atoms with Crippen molar-refractivity contribution < 1.29 is 24.2 Å². The van der Waals surface area contributed by atoms with Gasteiger partial charge in [0.25, 0.3) is 0 Å². The Balaban J connectivity index is 2.56. The van der Waals surface area contributed by atoms with Crippen LogP contribution in [0.25, 0.3) is 0 Å². The van der Waals surface area contributed by atoms with E-state index >= 15 is 0 Å². The van der Waals surface area contributed by atoms with E-state index in [4.69, 9.17) is 9.84 Å².